The molecule has 2 aromatic rings. The molecule has 0 radical (unpaired) electrons. The standard InChI is InChI=1S/C14H16N2O3S/c1-18-11-7-10(8-12(9-11)19-2)14(17)16-4-3-13-15-5-6-20-13/h5-9H,3-4H2,1-2H3,(H,16,17). The zero-order valence-electron chi connectivity index (χ0n) is 11.4. The molecule has 1 heterocycles. The van der Waals surface area contributed by atoms with E-state index in [1.54, 1.807) is 50.0 Å². The second-order valence-corrected chi connectivity index (χ2v) is 5.01. The third-order valence-electron chi connectivity index (χ3n) is 2.72. The van der Waals surface area contributed by atoms with Gasteiger partial charge in [0.1, 0.15) is 11.5 Å². The Hall–Kier alpha value is -2.08. The van der Waals surface area contributed by atoms with E-state index in [1.165, 1.54) is 0 Å². The van der Waals surface area contributed by atoms with Crippen LogP contribution in [0.15, 0.2) is 29.8 Å². The average Bonchev–Trinajstić information content (AvgIpc) is 2.99. The SMILES string of the molecule is COc1cc(OC)cc(C(=O)NCCc2nccs2)c1. The normalized spacial score (nSPS) is 10.1. The van der Waals surface area contributed by atoms with Crippen LogP contribution in [-0.2, 0) is 6.42 Å². The van der Waals surface area contributed by atoms with E-state index in [2.05, 4.69) is 10.3 Å². The summed E-state index contributed by atoms with van der Waals surface area (Å²) in [6.07, 6.45) is 2.49. The Kier molecular flexibility index (Phi) is 4.95. The van der Waals surface area contributed by atoms with E-state index >= 15 is 0 Å². The molecule has 106 valence electrons. The van der Waals surface area contributed by atoms with Crippen LogP contribution in [0.25, 0.3) is 0 Å². The Bertz CT molecular complexity index is 548. The van der Waals surface area contributed by atoms with Gasteiger partial charge in [-0.3, -0.25) is 4.79 Å². The molecule has 0 atom stereocenters. The second-order valence-electron chi connectivity index (χ2n) is 4.03. The highest BCUT2D eigenvalue weighted by molar-refractivity contribution is 7.09. The van der Waals surface area contributed by atoms with Crippen molar-refractivity contribution in [2.45, 2.75) is 6.42 Å². The van der Waals surface area contributed by atoms with Crippen LogP contribution in [0.1, 0.15) is 15.4 Å². The van der Waals surface area contributed by atoms with Crippen LogP contribution in [0.5, 0.6) is 11.5 Å². The van der Waals surface area contributed by atoms with Crippen LogP contribution in [0.3, 0.4) is 0 Å². The number of aromatic nitrogens is 1. The molecular formula is C14H16N2O3S. The van der Waals surface area contributed by atoms with Crippen LogP contribution >= 0.6 is 11.3 Å². The van der Waals surface area contributed by atoms with Crippen molar-refractivity contribution in [1.82, 2.24) is 10.3 Å². The predicted octanol–water partition coefficient (Wildman–Crippen LogP) is 2.13. The smallest absolute Gasteiger partial charge is 0.251 e. The summed E-state index contributed by atoms with van der Waals surface area (Å²) in [6.45, 7) is 0.547. The summed E-state index contributed by atoms with van der Waals surface area (Å²) in [5.41, 5.74) is 0.514. The minimum atomic E-state index is -0.154. The van der Waals surface area contributed by atoms with Crippen molar-refractivity contribution in [3.63, 3.8) is 0 Å². The highest BCUT2D eigenvalue weighted by Gasteiger charge is 2.09. The maximum atomic E-state index is 12.1. The molecule has 0 saturated heterocycles. The third-order valence-corrected chi connectivity index (χ3v) is 3.56. The number of benzene rings is 1. The summed E-state index contributed by atoms with van der Waals surface area (Å²) < 4.78 is 10.3. The van der Waals surface area contributed by atoms with Gasteiger partial charge in [0.25, 0.3) is 5.91 Å². The summed E-state index contributed by atoms with van der Waals surface area (Å²) in [6, 6.07) is 5.09. The van der Waals surface area contributed by atoms with Crippen LogP contribution < -0.4 is 14.8 Å². The van der Waals surface area contributed by atoms with E-state index in [9.17, 15) is 4.79 Å². The van der Waals surface area contributed by atoms with Crippen molar-refractivity contribution in [3.05, 3.63) is 40.3 Å². The van der Waals surface area contributed by atoms with Crippen molar-refractivity contribution < 1.29 is 14.3 Å². The first-order chi connectivity index (χ1) is 9.72. The lowest BCUT2D eigenvalue weighted by Crippen LogP contribution is -2.25. The number of rotatable bonds is 6. The van der Waals surface area contributed by atoms with E-state index < -0.39 is 0 Å². The van der Waals surface area contributed by atoms with Crippen molar-refractivity contribution in [2.75, 3.05) is 20.8 Å². The Balaban J connectivity index is 1.97. The van der Waals surface area contributed by atoms with E-state index in [0.717, 1.165) is 11.4 Å². The maximum absolute atomic E-state index is 12.1. The Morgan fingerprint density at radius 1 is 1.25 bits per heavy atom. The monoisotopic (exact) mass is 292 g/mol. The lowest BCUT2D eigenvalue weighted by Gasteiger charge is -2.08. The number of thiazole rings is 1. The molecule has 1 aromatic heterocycles. The molecule has 2 rings (SSSR count). The predicted molar refractivity (Wildman–Crippen MR) is 77.7 cm³/mol. The first kappa shape index (κ1) is 14.3. The molecule has 0 saturated carbocycles. The fourth-order valence-corrected chi connectivity index (χ4v) is 2.32. The number of ether oxygens (including phenoxy) is 2. The first-order valence-corrected chi connectivity index (χ1v) is 7.00. The van der Waals surface area contributed by atoms with Crippen molar-refractivity contribution in [3.8, 4) is 11.5 Å². The summed E-state index contributed by atoms with van der Waals surface area (Å²) in [5.74, 6) is 1.03. The molecule has 20 heavy (non-hydrogen) atoms. The second kappa shape index (κ2) is 6.91. The molecule has 1 aromatic carbocycles. The molecule has 0 aliphatic heterocycles. The molecule has 1 N–H and O–H groups in total. The number of methoxy groups -OCH3 is 2. The van der Waals surface area contributed by atoms with Gasteiger partial charge in [0, 0.05) is 36.2 Å². The lowest BCUT2D eigenvalue weighted by atomic mass is 10.2. The molecule has 0 spiro atoms. The number of amides is 1. The topological polar surface area (TPSA) is 60.5 Å². The first-order valence-electron chi connectivity index (χ1n) is 6.12. The Labute approximate surface area is 121 Å². The van der Waals surface area contributed by atoms with E-state index in [-0.39, 0.29) is 5.91 Å². The van der Waals surface area contributed by atoms with Gasteiger partial charge in [-0.15, -0.1) is 11.3 Å². The molecule has 6 heteroatoms. The van der Waals surface area contributed by atoms with Gasteiger partial charge in [-0.2, -0.15) is 0 Å². The van der Waals surface area contributed by atoms with Crippen molar-refractivity contribution in [2.24, 2.45) is 0 Å². The largest absolute Gasteiger partial charge is 0.497 e. The minimum Gasteiger partial charge on any atom is -0.497 e. The van der Waals surface area contributed by atoms with Gasteiger partial charge in [0.2, 0.25) is 0 Å². The Morgan fingerprint density at radius 2 is 1.95 bits per heavy atom. The molecule has 0 bridgehead atoms. The molecule has 0 fully saturated rings. The molecular weight excluding hydrogens is 276 g/mol. The van der Waals surface area contributed by atoms with Crippen LogP contribution in [0.4, 0.5) is 0 Å². The number of nitrogens with one attached hydrogen (secondary N) is 1. The molecule has 1 amide bonds. The molecule has 0 aliphatic rings. The zero-order chi connectivity index (χ0) is 14.4. The van der Waals surface area contributed by atoms with Gasteiger partial charge >= 0.3 is 0 Å². The van der Waals surface area contributed by atoms with Gasteiger partial charge in [-0.1, -0.05) is 0 Å². The van der Waals surface area contributed by atoms with E-state index in [1.807, 2.05) is 5.38 Å². The fraction of sp³-hybridized carbons (Fsp3) is 0.286. The molecule has 5 nitrogen and oxygen atoms in total. The average molecular weight is 292 g/mol. The van der Waals surface area contributed by atoms with Crippen LogP contribution in [0.2, 0.25) is 0 Å². The molecule has 0 unspecified atom stereocenters. The van der Waals surface area contributed by atoms with Crippen molar-refractivity contribution in [1.29, 1.82) is 0 Å². The zero-order valence-corrected chi connectivity index (χ0v) is 12.2. The van der Waals surface area contributed by atoms with Gasteiger partial charge < -0.3 is 14.8 Å². The quantitative estimate of drug-likeness (QED) is 0.886. The number of hydrogen-bond donors (Lipinski definition) is 1. The van der Waals surface area contributed by atoms with Crippen LogP contribution in [-0.4, -0.2) is 31.7 Å². The van der Waals surface area contributed by atoms with Gasteiger partial charge in [0.15, 0.2) is 0 Å². The summed E-state index contributed by atoms with van der Waals surface area (Å²) >= 11 is 1.58. The lowest BCUT2D eigenvalue weighted by molar-refractivity contribution is 0.0953. The van der Waals surface area contributed by atoms with Gasteiger partial charge in [-0.25, -0.2) is 4.98 Å². The minimum absolute atomic E-state index is 0.154. The highest BCUT2D eigenvalue weighted by Crippen LogP contribution is 2.22. The summed E-state index contributed by atoms with van der Waals surface area (Å²) in [7, 11) is 3.11. The van der Waals surface area contributed by atoms with Crippen LogP contribution in [0, 0.1) is 0 Å². The summed E-state index contributed by atoms with van der Waals surface area (Å²) in [5, 5.41) is 5.79. The number of hydrogen-bond acceptors (Lipinski definition) is 5. The maximum Gasteiger partial charge on any atom is 0.251 e. The molecule has 0 aliphatic carbocycles. The fourth-order valence-electron chi connectivity index (χ4n) is 1.70. The van der Waals surface area contributed by atoms with E-state index in [4.69, 9.17) is 9.47 Å². The number of nitrogens with zero attached hydrogens (tertiary/aromatic N) is 1. The van der Waals surface area contributed by atoms with Gasteiger partial charge in [0.05, 0.1) is 19.2 Å². The highest BCUT2D eigenvalue weighted by atomic mass is 32.1. The number of carbonyl (C=O) groups is 1. The van der Waals surface area contributed by atoms with Crippen molar-refractivity contribution >= 4 is 17.2 Å². The van der Waals surface area contributed by atoms with Gasteiger partial charge in [-0.05, 0) is 12.1 Å². The van der Waals surface area contributed by atoms with E-state index in [0.29, 0.717) is 23.6 Å². The summed E-state index contributed by atoms with van der Waals surface area (Å²) in [4.78, 5) is 16.2. The third kappa shape index (κ3) is 3.71. The number of carbonyl (C=O) groups excluding carboxylic acids is 1. The Morgan fingerprint density at radius 3 is 2.50 bits per heavy atom.